The molecule has 1 atom stereocenters. The lowest BCUT2D eigenvalue weighted by molar-refractivity contribution is 0.0906. The van der Waals surface area contributed by atoms with Gasteiger partial charge in [-0.1, -0.05) is 42.5 Å². The molecule has 2 aliphatic rings. The van der Waals surface area contributed by atoms with E-state index in [4.69, 9.17) is 49.1 Å². The van der Waals surface area contributed by atoms with Gasteiger partial charge in [0.05, 0.1) is 29.6 Å². The highest BCUT2D eigenvalue weighted by Crippen LogP contribution is 2.35. The van der Waals surface area contributed by atoms with Gasteiger partial charge in [0.25, 0.3) is 5.91 Å². The molecule has 1 N–H and O–H groups in total. The van der Waals surface area contributed by atoms with Crippen LogP contribution in [-0.2, 0) is 11.3 Å². The molecule has 0 bridgehead atoms. The second-order valence-electron chi connectivity index (χ2n) is 9.15. The average Bonchev–Trinajstić information content (AvgIpc) is 3.43. The molecule has 2 aromatic heterocycles. The highest BCUT2D eigenvalue weighted by molar-refractivity contribution is 6.35. The highest BCUT2D eigenvalue weighted by Gasteiger charge is 2.31. The number of furan rings is 1. The van der Waals surface area contributed by atoms with Crippen LogP contribution in [0.25, 0.3) is 17.3 Å². The molecule has 3 aromatic rings. The molecule has 0 radical (unpaired) electrons. The Bertz CT molecular complexity index is 1270. The second-order valence-corrected chi connectivity index (χ2v) is 10.4. The summed E-state index contributed by atoms with van der Waals surface area (Å²) in [5.41, 5.74) is 3.21. The van der Waals surface area contributed by atoms with Crippen molar-refractivity contribution < 1.29 is 13.9 Å². The Morgan fingerprint density at radius 1 is 1.14 bits per heavy atom. The molecular formula is C26H26Cl3N3O3. The van der Waals surface area contributed by atoms with Gasteiger partial charge in [-0.25, -0.2) is 4.68 Å². The summed E-state index contributed by atoms with van der Waals surface area (Å²) >= 11 is 18.7. The van der Waals surface area contributed by atoms with Gasteiger partial charge in [0.15, 0.2) is 10.9 Å². The Morgan fingerprint density at radius 2 is 1.94 bits per heavy atom. The summed E-state index contributed by atoms with van der Waals surface area (Å²) in [5.74, 6) is 0.842. The van der Waals surface area contributed by atoms with Crippen molar-refractivity contribution in [2.45, 2.75) is 51.7 Å². The number of halogens is 3. The minimum Gasteiger partial charge on any atom is -0.445 e. The van der Waals surface area contributed by atoms with E-state index < -0.39 is 0 Å². The molecule has 6 nitrogen and oxygen atoms in total. The number of carbonyl (C=O) groups excluding carboxylic acids is 1. The number of rotatable bonds is 5. The molecule has 184 valence electrons. The number of nitrogens with one attached hydrogen (secondary N) is 1. The summed E-state index contributed by atoms with van der Waals surface area (Å²) in [6, 6.07) is 8.72. The maximum Gasteiger partial charge on any atom is 0.272 e. The maximum atomic E-state index is 13.5. The van der Waals surface area contributed by atoms with Crippen LogP contribution in [0, 0.1) is 5.92 Å². The zero-order valence-electron chi connectivity index (χ0n) is 19.3. The molecule has 1 aliphatic heterocycles. The Morgan fingerprint density at radius 3 is 2.66 bits per heavy atom. The van der Waals surface area contributed by atoms with Crippen molar-refractivity contribution >= 4 is 52.4 Å². The smallest absolute Gasteiger partial charge is 0.272 e. The van der Waals surface area contributed by atoms with E-state index in [1.54, 1.807) is 35.0 Å². The first kappa shape index (κ1) is 24.4. The summed E-state index contributed by atoms with van der Waals surface area (Å²) in [6.45, 7) is 2.66. The number of aromatic nitrogens is 2. The molecule has 0 spiro atoms. The second kappa shape index (κ2) is 10.4. The highest BCUT2D eigenvalue weighted by atomic mass is 35.5. The summed E-state index contributed by atoms with van der Waals surface area (Å²) in [4.78, 5) is 13.5. The van der Waals surface area contributed by atoms with E-state index in [2.05, 4.69) is 12.2 Å². The molecule has 9 heteroatoms. The topological polar surface area (TPSA) is 69.3 Å². The number of nitrogens with zero attached hydrogens (tertiary/aromatic N) is 2. The summed E-state index contributed by atoms with van der Waals surface area (Å²) in [5, 5.41) is 9.18. The van der Waals surface area contributed by atoms with Gasteiger partial charge in [0, 0.05) is 22.2 Å². The third-order valence-corrected chi connectivity index (χ3v) is 7.51. The van der Waals surface area contributed by atoms with E-state index in [-0.39, 0.29) is 18.6 Å². The molecule has 0 unspecified atom stereocenters. The zero-order valence-corrected chi connectivity index (χ0v) is 21.6. The predicted octanol–water partition coefficient (Wildman–Crippen LogP) is 7.19. The maximum absolute atomic E-state index is 13.5. The molecule has 3 heterocycles. The molecule has 1 amide bonds. The largest absolute Gasteiger partial charge is 0.445 e. The van der Waals surface area contributed by atoms with Gasteiger partial charge in [-0.2, -0.15) is 5.10 Å². The lowest BCUT2D eigenvalue weighted by atomic mass is 9.84. The van der Waals surface area contributed by atoms with Gasteiger partial charge in [0.2, 0.25) is 0 Å². The molecule has 1 fully saturated rings. The van der Waals surface area contributed by atoms with E-state index in [1.807, 2.05) is 6.08 Å². The monoisotopic (exact) mass is 533 g/mol. The van der Waals surface area contributed by atoms with Crippen LogP contribution >= 0.6 is 34.8 Å². The van der Waals surface area contributed by atoms with Crippen molar-refractivity contribution in [3.63, 3.8) is 0 Å². The van der Waals surface area contributed by atoms with E-state index in [1.165, 1.54) is 19.3 Å². The van der Waals surface area contributed by atoms with E-state index in [0.717, 1.165) is 24.1 Å². The Kier molecular flexibility index (Phi) is 7.26. The molecule has 0 saturated heterocycles. The van der Waals surface area contributed by atoms with Crippen LogP contribution < -0.4 is 5.32 Å². The molecule has 1 aromatic carbocycles. The van der Waals surface area contributed by atoms with Crippen molar-refractivity contribution in [1.82, 2.24) is 15.1 Å². The number of amides is 1. The fraction of sp³-hybridized carbons (Fsp3) is 0.385. The van der Waals surface area contributed by atoms with Crippen LogP contribution in [0.15, 0.2) is 34.7 Å². The van der Waals surface area contributed by atoms with Crippen molar-refractivity contribution in [3.8, 4) is 5.69 Å². The number of hydrogen-bond acceptors (Lipinski definition) is 4. The van der Waals surface area contributed by atoms with Crippen LogP contribution in [0.3, 0.4) is 0 Å². The third kappa shape index (κ3) is 5.17. The molecule has 5 rings (SSSR count). The molecule has 1 aliphatic carbocycles. The zero-order chi connectivity index (χ0) is 24.5. The number of fused-ring (bicyclic) bond motifs is 1. The first-order valence-electron chi connectivity index (χ1n) is 11.8. The first-order valence-corrected chi connectivity index (χ1v) is 13.0. The summed E-state index contributed by atoms with van der Waals surface area (Å²) in [6.07, 6.45) is 7.81. The normalized spacial score (nSPS) is 18.5. The summed E-state index contributed by atoms with van der Waals surface area (Å²) in [7, 11) is 0. The van der Waals surface area contributed by atoms with Crippen molar-refractivity contribution in [2.75, 3.05) is 6.61 Å². The quantitative estimate of drug-likeness (QED) is 0.376. The first-order chi connectivity index (χ1) is 16.9. The number of hydrogen-bond donors (Lipinski definition) is 1. The fourth-order valence-corrected chi connectivity index (χ4v) is 5.61. The van der Waals surface area contributed by atoms with Crippen LogP contribution in [0.5, 0.6) is 0 Å². The van der Waals surface area contributed by atoms with E-state index >= 15 is 0 Å². The Labute approximate surface area is 219 Å². The Hall–Kier alpha value is -2.25. The Balaban J connectivity index is 1.57. The minimum atomic E-state index is -0.214. The lowest BCUT2D eigenvalue weighted by Crippen LogP contribution is -2.39. The standard InChI is InChI=1S/C26H26Cl3N3O3/c1-15(16-5-3-2-4-6-16)30-26(33)24-20-14-34-13-17(11-19-8-10-23(29)35-19)25(20)32(31-24)22-9-7-18(27)12-21(22)28/h7-12,15-16H,2-6,13-14H2,1H3,(H,30,33)/b17-11+/t15-/m0/s1. The SMILES string of the molecule is C[C@H](NC(=O)c1nn(-c2ccc(Cl)cc2Cl)c2c1COC/C2=C\c1ccc(Cl)o1)C1CCCCC1. The van der Waals surface area contributed by atoms with Gasteiger partial charge < -0.3 is 14.5 Å². The predicted molar refractivity (Wildman–Crippen MR) is 138 cm³/mol. The average molecular weight is 535 g/mol. The van der Waals surface area contributed by atoms with Gasteiger partial charge in [0.1, 0.15) is 5.76 Å². The fourth-order valence-electron chi connectivity index (χ4n) is 4.97. The number of ether oxygens (including phenoxy) is 1. The molecule has 35 heavy (non-hydrogen) atoms. The lowest BCUT2D eigenvalue weighted by Gasteiger charge is -2.28. The van der Waals surface area contributed by atoms with Crippen molar-refractivity contribution in [2.24, 2.45) is 5.92 Å². The number of carbonyl (C=O) groups is 1. The minimum absolute atomic E-state index is 0.0625. The van der Waals surface area contributed by atoms with Crippen molar-refractivity contribution in [3.05, 3.63) is 68.3 Å². The van der Waals surface area contributed by atoms with Crippen LogP contribution in [0.4, 0.5) is 0 Å². The van der Waals surface area contributed by atoms with Crippen LogP contribution in [0.2, 0.25) is 15.3 Å². The molecular weight excluding hydrogens is 509 g/mol. The van der Waals surface area contributed by atoms with Crippen molar-refractivity contribution in [1.29, 1.82) is 0 Å². The molecule has 1 saturated carbocycles. The van der Waals surface area contributed by atoms with Gasteiger partial charge >= 0.3 is 0 Å². The van der Waals surface area contributed by atoms with Crippen LogP contribution in [0.1, 0.15) is 66.5 Å². The van der Waals surface area contributed by atoms with Gasteiger partial charge in [-0.15, -0.1) is 0 Å². The van der Waals surface area contributed by atoms with E-state index in [0.29, 0.717) is 50.5 Å². The van der Waals surface area contributed by atoms with Gasteiger partial charge in [-0.3, -0.25) is 4.79 Å². The number of benzene rings is 1. The van der Waals surface area contributed by atoms with Crippen LogP contribution in [-0.4, -0.2) is 28.3 Å². The third-order valence-electron chi connectivity index (χ3n) is 6.77. The van der Waals surface area contributed by atoms with E-state index in [9.17, 15) is 4.79 Å². The summed E-state index contributed by atoms with van der Waals surface area (Å²) < 4.78 is 13.1. The van der Waals surface area contributed by atoms with Gasteiger partial charge in [-0.05, 0) is 73.7 Å².